The van der Waals surface area contributed by atoms with Gasteiger partial charge in [-0.05, 0) is 30.5 Å². The lowest BCUT2D eigenvalue weighted by Crippen LogP contribution is -2.23. The molecule has 0 unspecified atom stereocenters. The Labute approximate surface area is 90.5 Å². The van der Waals surface area contributed by atoms with Gasteiger partial charge in [0.2, 0.25) is 0 Å². The maximum absolute atomic E-state index is 12.8. The average Bonchev–Trinajstić information content (AvgIpc) is 2.27. The molecule has 2 heteroatoms. The van der Waals surface area contributed by atoms with Gasteiger partial charge >= 0.3 is 0 Å². The number of hydrogen-bond acceptors (Lipinski definition) is 1. The van der Waals surface area contributed by atoms with Gasteiger partial charge in [-0.3, -0.25) is 0 Å². The maximum atomic E-state index is 12.8. The van der Waals surface area contributed by atoms with Crippen LogP contribution in [0, 0.1) is 17.1 Å². The van der Waals surface area contributed by atoms with E-state index in [0.717, 1.165) is 18.4 Å². The predicted octanol–water partition coefficient (Wildman–Crippen LogP) is 3.80. The molecule has 0 aliphatic heterocycles. The Morgan fingerprint density at radius 1 is 1.20 bits per heavy atom. The molecule has 0 N–H and O–H groups in total. The Morgan fingerprint density at radius 3 is 2.13 bits per heavy atom. The minimum atomic E-state index is -0.225. The summed E-state index contributed by atoms with van der Waals surface area (Å²) in [6.45, 7) is 4.15. The molecule has 0 heterocycles. The van der Waals surface area contributed by atoms with Gasteiger partial charge in [0, 0.05) is 11.8 Å². The van der Waals surface area contributed by atoms with Crippen LogP contribution >= 0.6 is 0 Å². The second-order valence-electron chi connectivity index (χ2n) is 3.83. The molecule has 0 bridgehead atoms. The first kappa shape index (κ1) is 11.7. The second kappa shape index (κ2) is 4.93. The number of nitriles is 1. The summed E-state index contributed by atoms with van der Waals surface area (Å²) in [6, 6.07) is 8.74. The topological polar surface area (TPSA) is 23.8 Å². The molecule has 0 atom stereocenters. The summed E-state index contributed by atoms with van der Waals surface area (Å²) < 4.78 is 12.8. The molecule has 1 rings (SSSR count). The fourth-order valence-electron chi connectivity index (χ4n) is 1.97. The van der Waals surface area contributed by atoms with Gasteiger partial charge in [0.25, 0.3) is 0 Å². The predicted molar refractivity (Wildman–Crippen MR) is 58.9 cm³/mol. The zero-order valence-corrected chi connectivity index (χ0v) is 9.26. The molecule has 0 saturated carbocycles. The second-order valence-corrected chi connectivity index (χ2v) is 3.83. The number of benzene rings is 1. The minimum absolute atomic E-state index is 0.109. The third-order valence-electron chi connectivity index (χ3n) is 3.23. The molecule has 15 heavy (non-hydrogen) atoms. The van der Waals surface area contributed by atoms with E-state index in [-0.39, 0.29) is 11.2 Å². The molecule has 0 saturated heterocycles. The monoisotopic (exact) mass is 205 g/mol. The van der Waals surface area contributed by atoms with Crippen LogP contribution in [0.15, 0.2) is 24.3 Å². The first-order chi connectivity index (χ1) is 7.18. The summed E-state index contributed by atoms with van der Waals surface area (Å²) in [5, 5.41) is 8.86. The maximum Gasteiger partial charge on any atom is 0.123 e. The van der Waals surface area contributed by atoms with E-state index in [4.69, 9.17) is 5.26 Å². The van der Waals surface area contributed by atoms with Crippen molar-refractivity contribution in [3.05, 3.63) is 35.6 Å². The summed E-state index contributed by atoms with van der Waals surface area (Å²) >= 11 is 0. The molecule has 0 radical (unpaired) electrons. The summed E-state index contributed by atoms with van der Waals surface area (Å²) in [7, 11) is 0. The van der Waals surface area contributed by atoms with Crippen LogP contribution in [0.5, 0.6) is 0 Å². The number of hydrogen-bond donors (Lipinski definition) is 0. The first-order valence-corrected chi connectivity index (χ1v) is 5.31. The fourth-order valence-corrected chi connectivity index (χ4v) is 1.97. The highest BCUT2D eigenvalue weighted by Gasteiger charge is 2.27. The van der Waals surface area contributed by atoms with Crippen LogP contribution < -0.4 is 0 Å². The zero-order valence-electron chi connectivity index (χ0n) is 9.26. The largest absolute Gasteiger partial charge is 0.207 e. The third-order valence-corrected chi connectivity index (χ3v) is 3.23. The van der Waals surface area contributed by atoms with E-state index in [1.54, 1.807) is 12.1 Å². The van der Waals surface area contributed by atoms with Crippen molar-refractivity contribution in [2.75, 3.05) is 0 Å². The molecule has 0 spiro atoms. The smallest absolute Gasteiger partial charge is 0.123 e. The highest BCUT2D eigenvalue weighted by Crippen LogP contribution is 2.34. The lowest BCUT2D eigenvalue weighted by molar-refractivity contribution is 0.403. The molecule has 0 aromatic heterocycles. The van der Waals surface area contributed by atoms with E-state index in [2.05, 4.69) is 19.9 Å². The number of nitrogens with zero attached hydrogens (tertiary/aromatic N) is 1. The van der Waals surface area contributed by atoms with Crippen molar-refractivity contribution < 1.29 is 4.39 Å². The Kier molecular flexibility index (Phi) is 3.85. The van der Waals surface area contributed by atoms with Crippen molar-refractivity contribution in [1.82, 2.24) is 0 Å². The molecule has 80 valence electrons. The van der Waals surface area contributed by atoms with E-state index >= 15 is 0 Å². The third kappa shape index (κ3) is 2.36. The van der Waals surface area contributed by atoms with E-state index in [1.807, 2.05) is 0 Å². The Hall–Kier alpha value is -1.36. The van der Waals surface area contributed by atoms with E-state index in [0.29, 0.717) is 6.42 Å². The van der Waals surface area contributed by atoms with Crippen molar-refractivity contribution >= 4 is 0 Å². The van der Waals surface area contributed by atoms with E-state index < -0.39 is 0 Å². The Balaban J connectivity index is 3.09. The van der Waals surface area contributed by atoms with Gasteiger partial charge in [0.15, 0.2) is 0 Å². The lowest BCUT2D eigenvalue weighted by Gasteiger charge is -2.29. The SMILES string of the molecule is CCC(CC)(CC#N)c1ccc(F)cc1. The van der Waals surface area contributed by atoms with Gasteiger partial charge in [0.1, 0.15) is 5.82 Å². The van der Waals surface area contributed by atoms with Crippen molar-refractivity contribution in [1.29, 1.82) is 5.26 Å². The molecule has 1 aromatic rings. The van der Waals surface area contributed by atoms with Gasteiger partial charge in [-0.25, -0.2) is 4.39 Å². The van der Waals surface area contributed by atoms with Gasteiger partial charge < -0.3 is 0 Å². The molecule has 1 aromatic carbocycles. The van der Waals surface area contributed by atoms with Gasteiger partial charge in [0.05, 0.1) is 6.07 Å². The molecule has 0 aliphatic carbocycles. The normalized spacial score (nSPS) is 11.1. The van der Waals surface area contributed by atoms with Crippen molar-refractivity contribution in [3.8, 4) is 6.07 Å². The average molecular weight is 205 g/mol. The van der Waals surface area contributed by atoms with E-state index in [1.165, 1.54) is 12.1 Å². The minimum Gasteiger partial charge on any atom is -0.207 e. The fraction of sp³-hybridized carbons (Fsp3) is 0.462. The van der Waals surface area contributed by atoms with Crippen molar-refractivity contribution in [2.24, 2.45) is 0 Å². The summed E-state index contributed by atoms with van der Waals surface area (Å²) in [5.41, 5.74) is 0.957. The number of halogens is 1. The van der Waals surface area contributed by atoms with E-state index in [9.17, 15) is 4.39 Å². The van der Waals surface area contributed by atoms with Crippen LogP contribution in [0.4, 0.5) is 4.39 Å². The van der Waals surface area contributed by atoms with Gasteiger partial charge in [-0.1, -0.05) is 26.0 Å². The highest BCUT2D eigenvalue weighted by molar-refractivity contribution is 5.27. The molecule has 0 amide bonds. The molecule has 1 nitrogen and oxygen atoms in total. The molecule has 0 aliphatic rings. The summed E-state index contributed by atoms with van der Waals surface area (Å²) in [4.78, 5) is 0. The standard InChI is InChI=1S/C13H16FN/c1-3-13(4-2,9-10-15)11-5-7-12(14)8-6-11/h5-8H,3-4,9H2,1-2H3. The van der Waals surface area contributed by atoms with Crippen LogP contribution in [-0.2, 0) is 5.41 Å². The Bertz CT molecular complexity index is 344. The number of rotatable bonds is 4. The van der Waals surface area contributed by atoms with Crippen molar-refractivity contribution in [2.45, 2.75) is 38.5 Å². The summed E-state index contributed by atoms with van der Waals surface area (Å²) in [6.07, 6.45) is 2.30. The van der Waals surface area contributed by atoms with Crippen molar-refractivity contribution in [3.63, 3.8) is 0 Å². The van der Waals surface area contributed by atoms with Crippen LogP contribution in [0.3, 0.4) is 0 Å². The van der Waals surface area contributed by atoms with Crippen LogP contribution in [0.25, 0.3) is 0 Å². The first-order valence-electron chi connectivity index (χ1n) is 5.31. The Morgan fingerprint density at radius 2 is 1.73 bits per heavy atom. The quantitative estimate of drug-likeness (QED) is 0.733. The highest BCUT2D eigenvalue weighted by atomic mass is 19.1. The molecular weight excluding hydrogens is 189 g/mol. The van der Waals surface area contributed by atoms with Crippen LogP contribution in [-0.4, -0.2) is 0 Å². The van der Waals surface area contributed by atoms with Gasteiger partial charge in [-0.15, -0.1) is 0 Å². The lowest BCUT2D eigenvalue weighted by atomic mass is 9.74. The molecular formula is C13H16FN. The van der Waals surface area contributed by atoms with Gasteiger partial charge in [-0.2, -0.15) is 5.26 Å². The van der Waals surface area contributed by atoms with Crippen LogP contribution in [0.2, 0.25) is 0 Å². The summed E-state index contributed by atoms with van der Waals surface area (Å²) in [5.74, 6) is -0.225. The van der Waals surface area contributed by atoms with Crippen LogP contribution in [0.1, 0.15) is 38.7 Å². The molecule has 0 fully saturated rings. The zero-order chi connectivity index (χ0) is 11.3.